The van der Waals surface area contributed by atoms with Gasteiger partial charge in [0.2, 0.25) is 23.3 Å². The van der Waals surface area contributed by atoms with E-state index in [-0.39, 0.29) is 23.3 Å². The number of nitrogens with one attached hydrogen (secondary N) is 2. The number of halogens is 1. The van der Waals surface area contributed by atoms with Crippen LogP contribution in [0, 0.1) is 0 Å². The van der Waals surface area contributed by atoms with Gasteiger partial charge in [0.15, 0.2) is 16.9 Å². The normalized spacial score (nSPS) is 11.0. The molecule has 0 saturated heterocycles. The molecule has 5 N–H and O–H groups in total. The van der Waals surface area contributed by atoms with E-state index >= 15 is 0 Å². The van der Waals surface area contributed by atoms with Crippen LogP contribution in [0.2, 0.25) is 0 Å². The van der Waals surface area contributed by atoms with Crippen LogP contribution in [0.25, 0.3) is 49.3 Å². The fourth-order valence-electron chi connectivity index (χ4n) is 7.71. The van der Waals surface area contributed by atoms with Crippen molar-refractivity contribution in [2.24, 2.45) is 0 Å². The van der Waals surface area contributed by atoms with Crippen molar-refractivity contribution >= 4 is 130 Å². The van der Waals surface area contributed by atoms with E-state index in [4.69, 9.17) is 22.4 Å². The van der Waals surface area contributed by atoms with E-state index in [1.54, 1.807) is 80.9 Å². The summed E-state index contributed by atoms with van der Waals surface area (Å²) in [6.07, 6.45) is 9.48. The van der Waals surface area contributed by atoms with Gasteiger partial charge in [0.1, 0.15) is 0 Å². The third kappa shape index (κ3) is 11.0. The lowest BCUT2D eigenvalue weighted by molar-refractivity contribution is -0.116. The van der Waals surface area contributed by atoms with Crippen molar-refractivity contribution in [2.75, 3.05) is 22.2 Å². The van der Waals surface area contributed by atoms with E-state index in [1.807, 2.05) is 82.9 Å². The average Bonchev–Trinajstić information content (AvgIpc) is 4.31. The molecule has 0 aliphatic rings. The zero-order chi connectivity index (χ0) is 52.7. The van der Waals surface area contributed by atoms with Gasteiger partial charge in [-0.1, -0.05) is 30.3 Å². The van der Waals surface area contributed by atoms with Crippen molar-refractivity contribution in [1.29, 1.82) is 0 Å². The van der Waals surface area contributed by atoms with Gasteiger partial charge in [-0.15, -0.1) is 68.3 Å². The highest BCUT2D eigenvalue weighted by Gasteiger charge is 2.22. The number of aromatic nitrogens is 9. The van der Waals surface area contributed by atoms with Gasteiger partial charge in [-0.05, 0) is 95.4 Å². The highest BCUT2D eigenvalue weighted by molar-refractivity contribution is 7.19. The van der Waals surface area contributed by atoms with Gasteiger partial charge in [-0.25, -0.2) is 33.3 Å². The topological polar surface area (TPSA) is 246 Å². The van der Waals surface area contributed by atoms with Gasteiger partial charge in [0.05, 0.1) is 86.8 Å². The average molecular weight is 1120 g/mol. The van der Waals surface area contributed by atoms with E-state index in [0.29, 0.717) is 77.7 Å². The summed E-state index contributed by atoms with van der Waals surface area (Å²) in [6, 6.07) is 31.1. The number of nitrogens with zero attached hydrogens (tertiary/aromatic N) is 9. The van der Waals surface area contributed by atoms with Crippen LogP contribution >= 0.6 is 68.3 Å². The van der Waals surface area contributed by atoms with E-state index in [0.717, 1.165) is 37.4 Å². The van der Waals surface area contributed by atoms with Crippen LogP contribution in [0.4, 0.5) is 20.5 Å². The molecular formula is C52H37ClN12O6S5. The molecule has 0 saturated carbocycles. The molecule has 18 nitrogen and oxygen atoms in total. The Labute approximate surface area is 455 Å². The molecule has 11 heterocycles. The number of amides is 2. The molecule has 12 rings (SSSR count). The van der Waals surface area contributed by atoms with Gasteiger partial charge in [-0.2, -0.15) is 15.3 Å². The first-order chi connectivity index (χ1) is 37.0. The Balaban J connectivity index is 0.000000131. The maximum absolute atomic E-state index is 12.8. The summed E-state index contributed by atoms with van der Waals surface area (Å²) in [7, 11) is 0. The highest BCUT2D eigenvalue weighted by atomic mass is 35.5. The summed E-state index contributed by atoms with van der Waals surface area (Å²) < 4.78 is 4.93. The number of carboxylic acid groups (broad SMARTS) is 1. The van der Waals surface area contributed by atoms with Crippen molar-refractivity contribution in [3.63, 3.8) is 0 Å². The fourth-order valence-corrected chi connectivity index (χ4v) is 11.6. The lowest BCUT2D eigenvalue weighted by Gasteiger charge is -2.09. The summed E-state index contributed by atoms with van der Waals surface area (Å²) in [5.41, 5.74) is 12.6. The van der Waals surface area contributed by atoms with Gasteiger partial charge < -0.3 is 16.2 Å². The van der Waals surface area contributed by atoms with E-state index in [2.05, 4.69) is 40.9 Å². The Morgan fingerprint density at radius 1 is 0.566 bits per heavy atom. The molecule has 24 heteroatoms. The molecule has 0 fully saturated rings. The number of thiophene rings is 5. The molecule has 11 aromatic heterocycles. The van der Waals surface area contributed by atoms with Crippen LogP contribution in [0.5, 0.6) is 0 Å². The first-order valence-electron chi connectivity index (χ1n) is 22.7. The molecule has 1 aromatic carbocycles. The lowest BCUT2D eigenvalue weighted by Crippen LogP contribution is -2.11. The number of fused-ring (bicyclic) bond motifs is 3. The molecule has 76 heavy (non-hydrogen) atoms. The number of hydrogen-bond acceptors (Lipinski definition) is 17. The van der Waals surface area contributed by atoms with Crippen LogP contribution in [-0.2, 0) is 4.79 Å². The number of carbonyl (C=O) groups is 5. The van der Waals surface area contributed by atoms with Crippen LogP contribution < -0.4 is 16.4 Å². The number of nitrogens with two attached hydrogens (primary N) is 1. The standard InChI is InChI=1S/C21H17ClN4O2S.C16H10N4O3S2.C15H10N4OS2/c22-9-2-7-19(27)25-15-5-1-4-14(12-15)17-8-10-23-21-16(13-24-26(17)21)20(28)18-6-3-11-29-18;21-14(12-2-1-7-24-12)9-8-18-20-10(5-6-17-15(9)20)11-3-4-13(25-11)19-16(22)23;16-13-4-3-11(22-13)10-5-6-17-15-9(8-18-19(10)15)14(20)12-2-1-7-21-12/h1,3-6,8,10-13H,2,7,9H2,(H,25,27);1-8,19H,(H,22,23);1-8H,16H2. The summed E-state index contributed by atoms with van der Waals surface area (Å²) in [5.74, 6) is 0.105. The van der Waals surface area contributed by atoms with Crippen molar-refractivity contribution in [3.05, 3.63) is 188 Å². The Morgan fingerprint density at radius 3 is 1.51 bits per heavy atom. The second-order valence-corrected chi connectivity index (χ2v) is 21.4. The summed E-state index contributed by atoms with van der Waals surface area (Å²) in [6.45, 7) is 0. The molecule has 0 spiro atoms. The predicted molar refractivity (Wildman–Crippen MR) is 299 cm³/mol. The number of nitrogen functional groups attached to an aromatic ring is 1. The monoisotopic (exact) mass is 1120 g/mol. The number of anilines is 3. The maximum Gasteiger partial charge on any atom is 0.409 e. The minimum atomic E-state index is -1.11. The van der Waals surface area contributed by atoms with Gasteiger partial charge in [0.25, 0.3) is 0 Å². The Hall–Kier alpha value is -8.58. The third-order valence-corrected chi connectivity index (χ3v) is 16.0. The molecule has 0 atom stereocenters. The maximum atomic E-state index is 12.8. The lowest BCUT2D eigenvalue weighted by atomic mass is 10.1. The number of ketones is 3. The molecule has 0 bridgehead atoms. The molecule has 0 unspecified atom stereocenters. The predicted octanol–water partition coefficient (Wildman–Crippen LogP) is 11.8. The van der Waals surface area contributed by atoms with Gasteiger partial charge in [0, 0.05) is 42.1 Å². The summed E-state index contributed by atoms with van der Waals surface area (Å²) in [5, 5.41) is 33.9. The molecule has 378 valence electrons. The first kappa shape index (κ1) is 50.9. The summed E-state index contributed by atoms with van der Waals surface area (Å²) >= 11 is 12.6. The second kappa shape index (κ2) is 22.9. The minimum absolute atomic E-state index is 0.0552. The largest absolute Gasteiger partial charge is 0.465 e. The van der Waals surface area contributed by atoms with Gasteiger partial charge in [-0.3, -0.25) is 24.5 Å². The highest BCUT2D eigenvalue weighted by Crippen LogP contribution is 2.33. The van der Waals surface area contributed by atoms with Crippen molar-refractivity contribution in [3.8, 4) is 32.4 Å². The molecule has 0 aliphatic heterocycles. The van der Waals surface area contributed by atoms with Crippen molar-refractivity contribution in [2.45, 2.75) is 12.8 Å². The van der Waals surface area contributed by atoms with Crippen LogP contribution in [0.1, 0.15) is 58.5 Å². The van der Waals surface area contributed by atoms with Crippen LogP contribution in [0.15, 0.2) is 156 Å². The number of alkyl halides is 1. The van der Waals surface area contributed by atoms with E-state index in [9.17, 15) is 24.0 Å². The molecule has 0 radical (unpaired) electrons. The molecule has 0 aliphatic carbocycles. The van der Waals surface area contributed by atoms with E-state index in [1.165, 1.54) is 62.9 Å². The summed E-state index contributed by atoms with van der Waals surface area (Å²) in [4.78, 5) is 77.4. The first-order valence-corrected chi connectivity index (χ1v) is 27.5. The molecule has 2 amide bonds. The zero-order valence-electron chi connectivity index (χ0n) is 39.1. The van der Waals surface area contributed by atoms with Crippen molar-refractivity contribution in [1.82, 2.24) is 43.8 Å². The SMILES string of the molecule is Nc1ccc(-c2ccnc3c(C(=O)c4cccs4)cnn23)s1.O=C(CCCCl)Nc1cccc(-c2ccnc3c(C(=O)c4cccs4)cnn23)c1.O=C(O)Nc1ccc(-c2ccnc3c(C(=O)c4cccs4)cnn23)s1. The Kier molecular flexibility index (Phi) is 15.3. The van der Waals surface area contributed by atoms with Crippen LogP contribution in [0.3, 0.4) is 0 Å². The minimum Gasteiger partial charge on any atom is -0.465 e. The molecular weight excluding hydrogens is 1080 g/mol. The number of rotatable bonds is 14. The Morgan fingerprint density at radius 2 is 1.05 bits per heavy atom. The third-order valence-electron chi connectivity index (χ3n) is 11.1. The zero-order valence-corrected chi connectivity index (χ0v) is 44.0. The molecule has 12 aromatic rings. The second-order valence-electron chi connectivity index (χ2n) is 16.0. The fraction of sp³-hybridized carbons (Fsp3) is 0.0577. The smallest absolute Gasteiger partial charge is 0.409 e. The number of hydrogen-bond donors (Lipinski definition) is 4. The quantitative estimate of drug-likeness (QED) is 0.0585. The van der Waals surface area contributed by atoms with Crippen LogP contribution in [-0.4, -0.2) is 84.1 Å². The van der Waals surface area contributed by atoms with Crippen molar-refractivity contribution < 1.29 is 29.1 Å². The number of carbonyl (C=O) groups excluding carboxylic acids is 4. The Bertz CT molecular complexity index is 4050. The number of benzene rings is 1. The van der Waals surface area contributed by atoms with Gasteiger partial charge >= 0.3 is 6.09 Å². The van der Waals surface area contributed by atoms with E-state index < -0.39 is 6.09 Å².